The maximum absolute atomic E-state index is 11.6. The lowest BCUT2D eigenvalue weighted by atomic mass is 10.2. The molecule has 1 N–H and O–H groups in total. The van der Waals surface area contributed by atoms with Gasteiger partial charge in [0, 0.05) is 32.6 Å². The lowest BCUT2D eigenvalue weighted by Crippen LogP contribution is -2.40. The number of β-amino-alcohol motifs (C(OH)–C–C–N with tert-alkyl or cyclic N) is 1. The quantitative estimate of drug-likeness (QED) is 0.827. The van der Waals surface area contributed by atoms with Crippen LogP contribution >= 0.6 is 23.2 Å². The maximum Gasteiger partial charge on any atom is 0.222 e. The minimum Gasteiger partial charge on any atom is -0.390 e. The van der Waals surface area contributed by atoms with E-state index in [1.165, 1.54) is 0 Å². The molecule has 0 saturated carbocycles. The molecule has 0 aliphatic carbocycles. The number of aliphatic hydroxyl groups excluding tert-OH is 1. The third kappa shape index (κ3) is 4.85. The highest BCUT2D eigenvalue weighted by molar-refractivity contribution is 6.42. The minimum absolute atomic E-state index is 0.145. The highest BCUT2D eigenvalue weighted by Crippen LogP contribution is 2.23. The summed E-state index contributed by atoms with van der Waals surface area (Å²) in [6.45, 7) is 5.25. The first-order chi connectivity index (χ1) is 10.5. The van der Waals surface area contributed by atoms with Gasteiger partial charge in [-0.05, 0) is 30.7 Å². The molecule has 0 aromatic heterocycles. The van der Waals surface area contributed by atoms with Gasteiger partial charge in [-0.25, -0.2) is 0 Å². The Morgan fingerprint density at radius 3 is 2.73 bits per heavy atom. The van der Waals surface area contributed by atoms with Crippen LogP contribution < -0.4 is 0 Å². The summed E-state index contributed by atoms with van der Waals surface area (Å²) in [4.78, 5) is 15.5. The number of hydrogen-bond donors (Lipinski definition) is 1. The molecule has 1 heterocycles. The second-order valence-electron chi connectivity index (χ2n) is 5.67. The highest BCUT2D eigenvalue weighted by atomic mass is 35.5. The molecule has 2 rings (SSSR count). The molecule has 4 nitrogen and oxygen atoms in total. The molecule has 1 unspecified atom stereocenters. The van der Waals surface area contributed by atoms with Gasteiger partial charge in [-0.2, -0.15) is 0 Å². The van der Waals surface area contributed by atoms with E-state index < -0.39 is 6.10 Å². The van der Waals surface area contributed by atoms with Gasteiger partial charge in [0.05, 0.1) is 16.1 Å². The van der Waals surface area contributed by atoms with E-state index in [0.29, 0.717) is 36.1 Å². The van der Waals surface area contributed by atoms with E-state index in [2.05, 4.69) is 4.90 Å². The molecule has 6 heteroatoms. The Morgan fingerprint density at radius 1 is 1.36 bits per heavy atom. The Bertz CT molecular complexity index is 525. The van der Waals surface area contributed by atoms with E-state index in [4.69, 9.17) is 23.2 Å². The van der Waals surface area contributed by atoms with Gasteiger partial charge in [0.2, 0.25) is 5.91 Å². The third-order valence-corrected chi connectivity index (χ3v) is 4.65. The smallest absolute Gasteiger partial charge is 0.222 e. The first-order valence-electron chi connectivity index (χ1n) is 7.61. The first-order valence-corrected chi connectivity index (χ1v) is 8.37. The van der Waals surface area contributed by atoms with E-state index in [1.54, 1.807) is 11.0 Å². The van der Waals surface area contributed by atoms with E-state index in [0.717, 1.165) is 25.1 Å². The van der Waals surface area contributed by atoms with E-state index in [1.807, 2.05) is 19.1 Å². The molecule has 0 bridgehead atoms. The van der Waals surface area contributed by atoms with Crippen LogP contribution in [0.4, 0.5) is 0 Å². The number of hydrogen-bond acceptors (Lipinski definition) is 3. The number of amides is 1. The normalized spacial score (nSPS) is 16.6. The van der Waals surface area contributed by atoms with Gasteiger partial charge in [0.25, 0.3) is 0 Å². The van der Waals surface area contributed by atoms with Crippen LogP contribution in [0.1, 0.15) is 25.3 Å². The van der Waals surface area contributed by atoms with Crippen molar-refractivity contribution in [2.24, 2.45) is 0 Å². The van der Waals surface area contributed by atoms with Crippen LogP contribution in [0.3, 0.4) is 0 Å². The van der Waals surface area contributed by atoms with Crippen LogP contribution in [-0.4, -0.2) is 53.1 Å². The fourth-order valence-corrected chi connectivity index (χ4v) is 3.03. The Morgan fingerprint density at radius 2 is 2.14 bits per heavy atom. The third-order valence-electron chi connectivity index (χ3n) is 3.91. The number of benzene rings is 1. The van der Waals surface area contributed by atoms with Crippen molar-refractivity contribution in [1.29, 1.82) is 0 Å². The Kier molecular flexibility index (Phi) is 6.50. The fourth-order valence-electron chi connectivity index (χ4n) is 2.71. The summed E-state index contributed by atoms with van der Waals surface area (Å²) in [6.07, 6.45) is 0.963. The standard InChI is InChI=1S/C16H22Cl2N2O2/c1-2-19(9-12-5-6-14(17)15(18)8-12)10-13(21)11-20-7-3-4-16(20)22/h5-6,8,13,21H,2-4,7,9-11H2,1H3. The van der Waals surface area contributed by atoms with Crippen molar-refractivity contribution < 1.29 is 9.90 Å². The predicted molar refractivity (Wildman–Crippen MR) is 89.2 cm³/mol. The lowest BCUT2D eigenvalue weighted by Gasteiger charge is -2.26. The summed E-state index contributed by atoms with van der Waals surface area (Å²) in [5, 5.41) is 11.3. The summed E-state index contributed by atoms with van der Waals surface area (Å²) in [7, 11) is 0. The summed E-state index contributed by atoms with van der Waals surface area (Å²) in [6, 6.07) is 5.57. The zero-order valence-electron chi connectivity index (χ0n) is 12.8. The van der Waals surface area contributed by atoms with Crippen LogP contribution in [0, 0.1) is 0 Å². The Balaban J connectivity index is 1.88. The van der Waals surface area contributed by atoms with Gasteiger partial charge in [0.15, 0.2) is 0 Å². The van der Waals surface area contributed by atoms with Crippen LogP contribution in [0.2, 0.25) is 10.0 Å². The number of carbonyl (C=O) groups is 1. The van der Waals surface area contributed by atoms with Gasteiger partial charge >= 0.3 is 0 Å². The number of likely N-dealkylation sites (tertiary alicyclic amines) is 1. The lowest BCUT2D eigenvalue weighted by molar-refractivity contribution is -0.129. The molecular weight excluding hydrogens is 323 g/mol. The maximum atomic E-state index is 11.6. The zero-order chi connectivity index (χ0) is 16.1. The Labute approximate surface area is 141 Å². The van der Waals surface area contributed by atoms with Crippen molar-refractivity contribution in [2.75, 3.05) is 26.2 Å². The second-order valence-corrected chi connectivity index (χ2v) is 6.49. The van der Waals surface area contributed by atoms with Crippen LogP contribution in [-0.2, 0) is 11.3 Å². The molecule has 0 spiro atoms. The van der Waals surface area contributed by atoms with Gasteiger partial charge in [-0.3, -0.25) is 9.69 Å². The van der Waals surface area contributed by atoms with Gasteiger partial charge < -0.3 is 10.0 Å². The van der Waals surface area contributed by atoms with Crippen molar-refractivity contribution in [1.82, 2.24) is 9.80 Å². The number of halogens is 2. The average Bonchev–Trinajstić information content (AvgIpc) is 2.87. The molecule has 1 aliphatic rings. The minimum atomic E-state index is -0.537. The molecule has 1 saturated heterocycles. The van der Waals surface area contributed by atoms with E-state index >= 15 is 0 Å². The molecular formula is C16H22Cl2N2O2. The predicted octanol–water partition coefficient (Wildman–Crippen LogP) is 2.80. The van der Waals surface area contributed by atoms with Crippen molar-refractivity contribution >= 4 is 29.1 Å². The van der Waals surface area contributed by atoms with Crippen molar-refractivity contribution in [3.8, 4) is 0 Å². The summed E-state index contributed by atoms with van der Waals surface area (Å²) in [5.74, 6) is 0.145. The highest BCUT2D eigenvalue weighted by Gasteiger charge is 2.23. The number of aliphatic hydroxyl groups is 1. The number of likely N-dealkylation sites (N-methyl/N-ethyl adjacent to an activating group) is 1. The molecule has 1 aliphatic heterocycles. The molecule has 0 radical (unpaired) electrons. The van der Waals surface area contributed by atoms with Crippen LogP contribution in [0.5, 0.6) is 0 Å². The molecule has 122 valence electrons. The van der Waals surface area contributed by atoms with Crippen LogP contribution in [0.25, 0.3) is 0 Å². The molecule has 1 aromatic rings. The first kappa shape index (κ1) is 17.5. The van der Waals surface area contributed by atoms with Gasteiger partial charge in [-0.1, -0.05) is 36.2 Å². The number of carbonyl (C=O) groups excluding carboxylic acids is 1. The Hall–Kier alpha value is -0.810. The van der Waals surface area contributed by atoms with E-state index in [-0.39, 0.29) is 5.91 Å². The number of nitrogens with zero attached hydrogens (tertiary/aromatic N) is 2. The fraction of sp³-hybridized carbons (Fsp3) is 0.562. The van der Waals surface area contributed by atoms with E-state index in [9.17, 15) is 9.90 Å². The monoisotopic (exact) mass is 344 g/mol. The van der Waals surface area contributed by atoms with Crippen molar-refractivity contribution in [3.05, 3.63) is 33.8 Å². The second kappa shape index (κ2) is 8.16. The summed E-state index contributed by atoms with van der Waals surface area (Å²) in [5.41, 5.74) is 1.06. The van der Waals surface area contributed by atoms with Crippen molar-refractivity contribution in [3.63, 3.8) is 0 Å². The molecule has 22 heavy (non-hydrogen) atoms. The van der Waals surface area contributed by atoms with Crippen molar-refractivity contribution in [2.45, 2.75) is 32.4 Å². The average molecular weight is 345 g/mol. The molecule has 1 amide bonds. The summed E-state index contributed by atoms with van der Waals surface area (Å²) < 4.78 is 0. The molecule has 1 aromatic carbocycles. The largest absolute Gasteiger partial charge is 0.390 e. The van der Waals surface area contributed by atoms with Gasteiger partial charge in [0.1, 0.15) is 0 Å². The molecule has 1 atom stereocenters. The van der Waals surface area contributed by atoms with Gasteiger partial charge in [-0.15, -0.1) is 0 Å². The number of rotatable bonds is 7. The SMILES string of the molecule is CCN(Cc1ccc(Cl)c(Cl)c1)CC(O)CN1CCCC1=O. The molecule has 1 fully saturated rings. The zero-order valence-corrected chi connectivity index (χ0v) is 14.3. The topological polar surface area (TPSA) is 43.8 Å². The summed E-state index contributed by atoms with van der Waals surface area (Å²) >= 11 is 12.0. The van der Waals surface area contributed by atoms with Crippen LogP contribution in [0.15, 0.2) is 18.2 Å².